The molecule has 108 valence electrons. The first-order valence-corrected chi connectivity index (χ1v) is 7.57. The average molecular weight is 315 g/mol. The minimum absolute atomic E-state index is 0.0288. The topological polar surface area (TPSA) is 107 Å². The van der Waals surface area contributed by atoms with Gasteiger partial charge in [0.25, 0.3) is 0 Å². The van der Waals surface area contributed by atoms with Gasteiger partial charge in [-0.2, -0.15) is 0 Å². The molecule has 0 bridgehead atoms. The van der Waals surface area contributed by atoms with Crippen LogP contribution in [-0.4, -0.2) is 24.7 Å². The lowest BCUT2D eigenvalue weighted by molar-refractivity contribution is -0.380. The van der Waals surface area contributed by atoms with Gasteiger partial charge in [0.1, 0.15) is 6.20 Å². The van der Waals surface area contributed by atoms with Gasteiger partial charge in [-0.05, 0) is 29.0 Å². The van der Waals surface area contributed by atoms with Crippen molar-refractivity contribution in [3.63, 3.8) is 0 Å². The molecule has 8 nitrogen and oxygen atoms in total. The average Bonchev–Trinajstić information content (AvgIpc) is 3.00. The molecule has 1 N–H and O–H groups in total. The molecule has 0 amide bonds. The van der Waals surface area contributed by atoms with Gasteiger partial charge in [-0.25, -0.2) is 14.9 Å². The first-order chi connectivity index (χ1) is 9.51. The summed E-state index contributed by atoms with van der Waals surface area (Å²) >= 11 is 2.11. The quantitative estimate of drug-likeness (QED) is 0.646. The van der Waals surface area contributed by atoms with Crippen LogP contribution < -0.4 is 5.69 Å². The fourth-order valence-corrected chi connectivity index (χ4v) is 3.17. The number of aromatic nitrogens is 4. The number of hydrogen-bond acceptors (Lipinski definition) is 7. The first-order valence-electron chi connectivity index (χ1n) is 5.94. The van der Waals surface area contributed by atoms with Crippen LogP contribution in [0.15, 0.2) is 20.5 Å². The van der Waals surface area contributed by atoms with Gasteiger partial charge in [0.2, 0.25) is 0 Å². The summed E-state index contributed by atoms with van der Waals surface area (Å²) in [5, 5.41) is 17.4. The minimum Gasteiger partial charge on any atom is -0.270 e. The monoisotopic (exact) mass is 315 g/mol. The van der Waals surface area contributed by atoms with Crippen LogP contribution in [0, 0.1) is 16.0 Å². The van der Waals surface area contributed by atoms with Crippen molar-refractivity contribution < 1.29 is 4.92 Å². The highest BCUT2D eigenvalue weighted by molar-refractivity contribution is 8.00. The molecule has 0 aromatic carbocycles. The molecule has 0 aliphatic heterocycles. The van der Waals surface area contributed by atoms with E-state index in [2.05, 4.69) is 15.2 Å². The number of nitrogens with one attached hydrogen (secondary N) is 1. The molecule has 0 radical (unpaired) electrons. The zero-order chi connectivity index (χ0) is 14.7. The molecule has 20 heavy (non-hydrogen) atoms. The van der Waals surface area contributed by atoms with Crippen LogP contribution in [0.25, 0.3) is 0 Å². The van der Waals surface area contributed by atoms with E-state index < -0.39 is 4.92 Å². The van der Waals surface area contributed by atoms with Crippen LogP contribution in [0.3, 0.4) is 0 Å². The Morgan fingerprint density at radius 2 is 2.40 bits per heavy atom. The van der Waals surface area contributed by atoms with Crippen LogP contribution in [-0.2, 0) is 6.54 Å². The highest BCUT2D eigenvalue weighted by Gasteiger charge is 2.17. The summed E-state index contributed by atoms with van der Waals surface area (Å²) in [5.74, 6) is 0.343. The van der Waals surface area contributed by atoms with Crippen LogP contribution in [0.2, 0.25) is 0 Å². The predicted octanol–water partition coefficient (Wildman–Crippen LogP) is 2.13. The van der Waals surface area contributed by atoms with Crippen molar-refractivity contribution in [1.29, 1.82) is 0 Å². The van der Waals surface area contributed by atoms with Gasteiger partial charge in [0.15, 0.2) is 9.50 Å². The van der Waals surface area contributed by atoms with E-state index in [1.54, 1.807) is 0 Å². The molecule has 10 heteroatoms. The number of rotatable bonds is 6. The fraction of sp³-hybridized carbons (Fsp3) is 0.500. The lowest BCUT2D eigenvalue weighted by Crippen LogP contribution is -2.21. The highest BCUT2D eigenvalue weighted by atomic mass is 32.2. The van der Waals surface area contributed by atoms with E-state index in [1.807, 2.05) is 13.8 Å². The fourth-order valence-electron chi connectivity index (χ4n) is 1.44. The molecule has 2 aromatic heterocycles. The van der Waals surface area contributed by atoms with Crippen molar-refractivity contribution in [2.24, 2.45) is 5.92 Å². The first kappa shape index (κ1) is 14.7. The Morgan fingerprint density at radius 1 is 1.65 bits per heavy atom. The second-order valence-corrected chi connectivity index (χ2v) is 6.48. The van der Waals surface area contributed by atoms with Crippen molar-refractivity contribution in [2.75, 3.05) is 0 Å². The van der Waals surface area contributed by atoms with E-state index in [9.17, 15) is 14.9 Å². The Hall–Kier alpha value is -1.68. The molecule has 0 aliphatic rings. The molecular weight excluding hydrogens is 302 g/mol. The summed E-state index contributed by atoms with van der Waals surface area (Å²) in [6.45, 7) is 4.65. The Kier molecular flexibility index (Phi) is 4.55. The zero-order valence-corrected chi connectivity index (χ0v) is 12.5. The van der Waals surface area contributed by atoms with E-state index in [0.29, 0.717) is 22.0 Å². The molecule has 0 spiro atoms. The molecule has 1 atom stereocenters. The standard InChI is InChI=1S/C10H13N5O3S2/c1-3-6(2)5-14-8(16)12-13-9(14)20-10-11-4-7(19-10)15(17)18/h4,6H,3,5H2,1-2H3,(H,12,16). The third-order valence-electron chi connectivity index (χ3n) is 2.75. The van der Waals surface area contributed by atoms with Crippen LogP contribution in [0.4, 0.5) is 5.00 Å². The molecule has 0 aliphatic carbocycles. The Labute approximate surface area is 122 Å². The number of nitro groups is 1. The lowest BCUT2D eigenvalue weighted by Gasteiger charge is -2.09. The van der Waals surface area contributed by atoms with Crippen LogP contribution in [0.5, 0.6) is 0 Å². The van der Waals surface area contributed by atoms with Crippen molar-refractivity contribution in [2.45, 2.75) is 36.3 Å². The van der Waals surface area contributed by atoms with Gasteiger partial charge >= 0.3 is 10.7 Å². The number of nitrogens with zero attached hydrogens (tertiary/aromatic N) is 4. The van der Waals surface area contributed by atoms with E-state index >= 15 is 0 Å². The van der Waals surface area contributed by atoms with Crippen molar-refractivity contribution >= 4 is 28.1 Å². The summed E-state index contributed by atoms with van der Waals surface area (Å²) in [5.41, 5.74) is -0.279. The van der Waals surface area contributed by atoms with Crippen molar-refractivity contribution in [1.82, 2.24) is 19.7 Å². The maximum atomic E-state index is 11.7. The van der Waals surface area contributed by atoms with Gasteiger partial charge in [-0.1, -0.05) is 20.3 Å². The molecule has 1 unspecified atom stereocenters. The van der Waals surface area contributed by atoms with E-state index in [-0.39, 0.29) is 10.7 Å². The third-order valence-corrected chi connectivity index (χ3v) is 4.76. The van der Waals surface area contributed by atoms with Gasteiger partial charge < -0.3 is 0 Å². The molecule has 2 heterocycles. The summed E-state index contributed by atoms with van der Waals surface area (Å²) < 4.78 is 2.02. The Morgan fingerprint density at radius 3 is 3.00 bits per heavy atom. The molecule has 0 fully saturated rings. The highest BCUT2D eigenvalue weighted by Crippen LogP contribution is 2.32. The SMILES string of the molecule is CCC(C)Cn1c(Sc2ncc([N+](=O)[O-])s2)n[nH]c1=O. The number of hydrogen-bond donors (Lipinski definition) is 1. The third kappa shape index (κ3) is 3.25. The number of H-pyrrole nitrogens is 1. The molecule has 2 aromatic rings. The second kappa shape index (κ2) is 6.18. The molecular formula is C10H13N5O3S2. The van der Waals surface area contributed by atoms with Gasteiger partial charge in [0, 0.05) is 6.54 Å². The number of thiazole rings is 1. The predicted molar refractivity (Wildman–Crippen MR) is 75.2 cm³/mol. The Balaban J connectivity index is 2.20. The summed E-state index contributed by atoms with van der Waals surface area (Å²) in [7, 11) is 0. The van der Waals surface area contributed by atoms with Gasteiger partial charge in [-0.3, -0.25) is 14.7 Å². The van der Waals surface area contributed by atoms with Crippen LogP contribution >= 0.6 is 23.1 Å². The van der Waals surface area contributed by atoms with Crippen molar-refractivity contribution in [3.8, 4) is 0 Å². The minimum atomic E-state index is -0.488. The maximum Gasteiger partial charge on any atom is 0.344 e. The van der Waals surface area contributed by atoms with Gasteiger partial charge in [-0.15, -0.1) is 5.10 Å². The van der Waals surface area contributed by atoms with E-state index in [4.69, 9.17) is 0 Å². The van der Waals surface area contributed by atoms with Crippen LogP contribution in [0.1, 0.15) is 20.3 Å². The molecule has 0 saturated carbocycles. The second-order valence-electron chi connectivity index (χ2n) is 4.26. The normalized spacial score (nSPS) is 12.5. The zero-order valence-electron chi connectivity index (χ0n) is 10.9. The number of aromatic amines is 1. The summed E-state index contributed by atoms with van der Waals surface area (Å²) in [6, 6.07) is 0. The molecule has 0 saturated heterocycles. The maximum absolute atomic E-state index is 11.7. The Bertz CT molecular complexity index is 662. The largest absolute Gasteiger partial charge is 0.344 e. The summed E-state index contributed by atoms with van der Waals surface area (Å²) in [6.07, 6.45) is 2.15. The lowest BCUT2D eigenvalue weighted by atomic mass is 10.1. The summed E-state index contributed by atoms with van der Waals surface area (Å²) in [4.78, 5) is 25.8. The van der Waals surface area contributed by atoms with Gasteiger partial charge in [0.05, 0.1) is 4.92 Å². The van der Waals surface area contributed by atoms with E-state index in [0.717, 1.165) is 29.5 Å². The van der Waals surface area contributed by atoms with E-state index in [1.165, 1.54) is 10.8 Å². The smallest absolute Gasteiger partial charge is 0.270 e. The molecule has 2 rings (SSSR count). The van der Waals surface area contributed by atoms with Crippen molar-refractivity contribution in [3.05, 3.63) is 26.8 Å².